The highest BCUT2D eigenvalue weighted by atomic mass is 32.2. The molecule has 0 spiro atoms. The van der Waals surface area contributed by atoms with Crippen molar-refractivity contribution in [3.63, 3.8) is 0 Å². The van der Waals surface area contributed by atoms with E-state index >= 15 is 0 Å². The van der Waals surface area contributed by atoms with Gasteiger partial charge in [0, 0.05) is 31.3 Å². The smallest absolute Gasteiger partial charge is 0.195 e. The molecule has 3 aliphatic heterocycles. The lowest BCUT2D eigenvalue weighted by Crippen LogP contribution is -3.17. The van der Waals surface area contributed by atoms with Crippen LogP contribution in [0.2, 0.25) is 0 Å². The summed E-state index contributed by atoms with van der Waals surface area (Å²) in [7, 11) is -3.43. The van der Waals surface area contributed by atoms with E-state index in [9.17, 15) is 18.3 Å². The summed E-state index contributed by atoms with van der Waals surface area (Å²) in [5.41, 5.74) is -0.166. The van der Waals surface area contributed by atoms with E-state index in [4.69, 9.17) is 14.6 Å². The summed E-state index contributed by atoms with van der Waals surface area (Å²) >= 11 is 0. The van der Waals surface area contributed by atoms with Crippen LogP contribution in [0.5, 0.6) is 17.2 Å². The molecule has 0 unspecified atom stereocenters. The summed E-state index contributed by atoms with van der Waals surface area (Å²) in [5, 5.41) is 20.1. The largest absolute Gasteiger partial charge is 0.545 e. The minimum Gasteiger partial charge on any atom is -0.545 e. The lowest BCUT2D eigenvalue weighted by molar-refractivity contribution is -0.914. The molecule has 2 N–H and O–H groups in total. The van der Waals surface area contributed by atoms with Crippen LogP contribution in [0.15, 0.2) is 41.6 Å². The number of nitrogens with one attached hydrogen (secondary N) is 1. The quantitative estimate of drug-likeness (QED) is 0.474. The zero-order chi connectivity index (χ0) is 24.7. The molecule has 1 aromatic carbocycles. The molecule has 0 radical (unpaired) electrons. The Hall–Kier alpha value is -2.73. The molecule has 11 heteroatoms. The van der Waals surface area contributed by atoms with Crippen molar-refractivity contribution in [1.29, 1.82) is 0 Å². The van der Waals surface area contributed by atoms with Gasteiger partial charge in [0.25, 0.3) is 0 Å². The minimum atomic E-state index is -3.43. The van der Waals surface area contributed by atoms with Gasteiger partial charge in [-0.3, -0.25) is 4.90 Å². The summed E-state index contributed by atoms with van der Waals surface area (Å²) < 4.78 is 34.4. The number of piperazine rings is 3. The number of hydrogen-bond donors (Lipinski definition) is 2. The van der Waals surface area contributed by atoms with Gasteiger partial charge in [-0.25, -0.2) is 13.4 Å². The van der Waals surface area contributed by atoms with Crippen molar-refractivity contribution in [2.75, 3.05) is 51.6 Å². The lowest BCUT2D eigenvalue weighted by atomic mass is 10.2. The second-order valence-electron chi connectivity index (χ2n) is 8.27. The third-order valence-electron chi connectivity index (χ3n) is 5.70. The first-order valence-electron chi connectivity index (χ1n) is 11.3. The van der Waals surface area contributed by atoms with E-state index in [1.165, 1.54) is 82.7 Å². The van der Waals surface area contributed by atoms with Crippen LogP contribution in [0.4, 0.5) is 0 Å². The number of aromatic nitrogens is 1. The van der Waals surface area contributed by atoms with Crippen molar-refractivity contribution in [1.82, 2.24) is 9.88 Å². The summed E-state index contributed by atoms with van der Waals surface area (Å²) in [4.78, 5) is 19.4. The second-order valence-corrected chi connectivity index (χ2v) is 10.5. The first-order chi connectivity index (χ1) is 16.2. The number of aromatic carboxylic acids is 1. The molecule has 186 valence electrons. The predicted octanol–water partition coefficient (Wildman–Crippen LogP) is -1.01. The molecule has 1 atom stereocenters. The minimum absolute atomic E-state index is 0.0718. The van der Waals surface area contributed by atoms with Crippen molar-refractivity contribution >= 4 is 15.8 Å². The first-order valence-corrected chi connectivity index (χ1v) is 12.9. The molecule has 2 aromatic rings. The van der Waals surface area contributed by atoms with Gasteiger partial charge in [-0.15, -0.1) is 0 Å². The maximum absolute atomic E-state index is 11.8. The number of rotatable bonds is 8. The third kappa shape index (κ3) is 7.13. The molecular formula is C23H31N3O7S. The molecule has 0 aliphatic carbocycles. The Balaban J connectivity index is 0.000000335. The van der Waals surface area contributed by atoms with Gasteiger partial charge >= 0.3 is 0 Å². The summed E-state index contributed by atoms with van der Waals surface area (Å²) in [6, 6.07) is 6.65. The Morgan fingerprint density at radius 3 is 2.24 bits per heavy atom. The number of sulfone groups is 1. The zero-order valence-corrected chi connectivity index (χ0v) is 20.2. The van der Waals surface area contributed by atoms with Crippen LogP contribution < -0.4 is 19.5 Å². The molecular weight excluding hydrogens is 462 g/mol. The first kappa shape index (κ1) is 25.9. The normalized spacial score (nSPS) is 20.1. The maximum Gasteiger partial charge on any atom is 0.195 e. The second kappa shape index (κ2) is 11.6. The number of ether oxygens (including phenoxy) is 2. The van der Waals surface area contributed by atoms with Crippen molar-refractivity contribution < 1.29 is 37.8 Å². The molecule has 1 aromatic heterocycles. The van der Waals surface area contributed by atoms with E-state index < -0.39 is 21.9 Å². The highest BCUT2D eigenvalue weighted by molar-refractivity contribution is 7.91. The SMILES string of the molecule is C1C[NH+]2CCN1CC2.CCS(=O)(=O)c1ccc(Oc2cc(O[C@H](C)CO)cc(C(=O)[O-])c2)cn1. The van der Waals surface area contributed by atoms with Crippen molar-refractivity contribution in [2.24, 2.45) is 0 Å². The van der Waals surface area contributed by atoms with Crippen LogP contribution in [0, 0.1) is 0 Å². The van der Waals surface area contributed by atoms with E-state index in [0.717, 1.165) is 0 Å². The number of carboxylic acids is 1. The van der Waals surface area contributed by atoms with Crippen LogP contribution in [-0.2, 0) is 9.84 Å². The Labute approximate surface area is 199 Å². The predicted molar refractivity (Wildman–Crippen MR) is 122 cm³/mol. The number of hydrogen-bond acceptors (Lipinski definition) is 9. The van der Waals surface area contributed by atoms with Crippen molar-refractivity contribution in [3.05, 3.63) is 42.1 Å². The van der Waals surface area contributed by atoms with Gasteiger partial charge in [0.15, 0.2) is 14.9 Å². The highest BCUT2D eigenvalue weighted by Crippen LogP contribution is 2.28. The molecule has 3 saturated heterocycles. The number of carboxylic acid groups (broad SMARTS) is 1. The van der Waals surface area contributed by atoms with Gasteiger partial charge in [0.1, 0.15) is 23.4 Å². The average Bonchev–Trinajstić information content (AvgIpc) is 2.85. The molecule has 3 aliphatic rings. The standard InChI is InChI=1S/C17H19NO7S.C6H12N2/c1-3-26(22,23)16-5-4-13(9-18-16)25-15-7-12(17(20)21)6-14(8-15)24-11(2)10-19;1-2-8-5-3-7(1)4-6-8/h4-9,11,19H,3,10H2,1-2H3,(H,20,21);1-6H2/t11-;/m1./s1. The van der Waals surface area contributed by atoms with Crippen LogP contribution >= 0.6 is 0 Å². The number of benzene rings is 1. The Bertz CT molecular complexity index is 1050. The fourth-order valence-corrected chi connectivity index (χ4v) is 4.42. The fraction of sp³-hybridized carbons (Fsp3) is 0.478. The zero-order valence-electron chi connectivity index (χ0n) is 19.4. The number of pyridine rings is 1. The molecule has 5 rings (SSSR count). The Kier molecular flexibility index (Phi) is 8.84. The van der Waals surface area contributed by atoms with E-state index in [0.29, 0.717) is 0 Å². The van der Waals surface area contributed by atoms with Gasteiger partial charge in [-0.05, 0) is 31.2 Å². The number of aliphatic hydroxyl groups excluding tert-OH is 1. The number of fused-ring (bicyclic) bond motifs is 3. The van der Waals surface area contributed by atoms with Gasteiger partial charge < -0.3 is 29.4 Å². The molecule has 4 heterocycles. The Morgan fingerprint density at radius 1 is 1.15 bits per heavy atom. The number of nitrogens with zero attached hydrogens (tertiary/aromatic N) is 2. The topological polar surface area (TPSA) is 134 Å². The van der Waals surface area contributed by atoms with E-state index in [1.54, 1.807) is 6.92 Å². The van der Waals surface area contributed by atoms with Gasteiger partial charge in [0.05, 0.1) is 44.2 Å². The molecule has 34 heavy (non-hydrogen) atoms. The third-order valence-corrected chi connectivity index (χ3v) is 7.34. The molecule has 0 saturated carbocycles. The Morgan fingerprint density at radius 2 is 1.79 bits per heavy atom. The van der Waals surface area contributed by atoms with E-state index in [1.807, 2.05) is 4.90 Å². The number of carbonyl (C=O) groups excluding carboxylic acids is 1. The van der Waals surface area contributed by atoms with E-state index in [-0.39, 0.29) is 40.2 Å². The molecule has 10 nitrogen and oxygen atoms in total. The summed E-state index contributed by atoms with van der Waals surface area (Å²) in [6.07, 6.45) is 0.686. The van der Waals surface area contributed by atoms with Crippen molar-refractivity contribution in [2.45, 2.75) is 25.0 Å². The molecule has 3 fully saturated rings. The highest BCUT2D eigenvalue weighted by Gasteiger charge is 2.25. The average molecular weight is 494 g/mol. The summed E-state index contributed by atoms with van der Waals surface area (Å²) in [6.45, 7) is 11.2. The van der Waals surface area contributed by atoms with Gasteiger partial charge in [0.2, 0.25) is 0 Å². The van der Waals surface area contributed by atoms with Crippen LogP contribution in [0.3, 0.4) is 0 Å². The molecule has 2 bridgehead atoms. The van der Waals surface area contributed by atoms with Crippen LogP contribution in [0.25, 0.3) is 0 Å². The van der Waals surface area contributed by atoms with Crippen LogP contribution in [-0.4, -0.2) is 87.1 Å². The van der Waals surface area contributed by atoms with E-state index in [2.05, 4.69) is 9.88 Å². The lowest BCUT2D eigenvalue weighted by Gasteiger charge is -2.38. The van der Waals surface area contributed by atoms with Crippen LogP contribution in [0.1, 0.15) is 24.2 Å². The monoisotopic (exact) mass is 493 g/mol. The number of aliphatic hydroxyl groups is 1. The summed E-state index contributed by atoms with van der Waals surface area (Å²) in [5.74, 6) is -0.949. The maximum atomic E-state index is 11.8. The molecule has 0 amide bonds. The van der Waals surface area contributed by atoms with Gasteiger partial charge in [-0.1, -0.05) is 6.92 Å². The fourth-order valence-electron chi connectivity index (χ4n) is 3.64. The van der Waals surface area contributed by atoms with Crippen molar-refractivity contribution in [3.8, 4) is 17.2 Å². The van der Waals surface area contributed by atoms with Gasteiger partial charge in [-0.2, -0.15) is 0 Å². The number of carbonyl (C=O) groups is 1. The number of quaternary nitrogens is 1.